The maximum absolute atomic E-state index is 12.6. The number of pyridine rings is 1. The molecule has 0 aliphatic carbocycles. The first-order valence-corrected chi connectivity index (χ1v) is 10.2. The van der Waals surface area contributed by atoms with Crippen LogP contribution >= 0.6 is 0 Å². The number of carbonyl (C=O) groups is 2. The van der Waals surface area contributed by atoms with Crippen molar-refractivity contribution >= 4 is 11.8 Å². The first kappa shape index (κ1) is 19.5. The van der Waals surface area contributed by atoms with Crippen LogP contribution in [0.15, 0.2) is 30.6 Å². The van der Waals surface area contributed by atoms with Gasteiger partial charge in [0.2, 0.25) is 11.8 Å². The molecule has 2 bridgehead atoms. The standard InChI is InChI=1S/C20H27N7O2/c1-14(28)21-7-8-23-20(29)17-12-26-9-5-15(17)10-16(26)11-27-13-19(24-25-27)18-4-2-3-6-22-18/h2-4,6,13,15-17H,5,7-12H2,1H3,(H,21,28)(H,23,29). The third-order valence-electron chi connectivity index (χ3n) is 5.88. The Morgan fingerprint density at radius 2 is 2.07 bits per heavy atom. The molecule has 9 nitrogen and oxygen atoms in total. The van der Waals surface area contributed by atoms with Crippen LogP contribution in [0, 0.1) is 11.8 Å². The van der Waals surface area contributed by atoms with Gasteiger partial charge in [0.25, 0.3) is 0 Å². The lowest BCUT2D eigenvalue weighted by Crippen LogP contribution is -2.58. The molecule has 0 radical (unpaired) electrons. The van der Waals surface area contributed by atoms with Crippen molar-refractivity contribution in [3.8, 4) is 11.4 Å². The van der Waals surface area contributed by atoms with E-state index in [1.165, 1.54) is 6.92 Å². The van der Waals surface area contributed by atoms with Gasteiger partial charge in [0.15, 0.2) is 0 Å². The van der Waals surface area contributed by atoms with Crippen molar-refractivity contribution in [2.45, 2.75) is 32.4 Å². The number of carbonyl (C=O) groups excluding carboxylic acids is 2. The van der Waals surface area contributed by atoms with E-state index in [2.05, 4.69) is 30.8 Å². The number of aromatic nitrogens is 4. The molecule has 0 saturated carbocycles. The maximum atomic E-state index is 12.6. The third kappa shape index (κ3) is 4.61. The minimum Gasteiger partial charge on any atom is -0.355 e. The number of hydrogen-bond acceptors (Lipinski definition) is 6. The van der Waals surface area contributed by atoms with Gasteiger partial charge in [0, 0.05) is 38.8 Å². The smallest absolute Gasteiger partial charge is 0.224 e. The molecule has 2 aromatic rings. The molecular weight excluding hydrogens is 370 g/mol. The molecule has 154 valence electrons. The van der Waals surface area contributed by atoms with Crippen LogP contribution in [0.2, 0.25) is 0 Å². The Morgan fingerprint density at radius 1 is 1.21 bits per heavy atom. The zero-order valence-electron chi connectivity index (χ0n) is 16.6. The number of nitrogens with zero attached hydrogens (tertiary/aromatic N) is 5. The molecule has 4 atom stereocenters. The summed E-state index contributed by atoms with van der Waals surface area (Å²) in [7, 11) is 0. The maximum Gasteiger partial charge on any atom is 0.224 e. The van der Waals surface area contributed by atoms with Crippen molar-refractivity contribution < 1.29 is 9.59 Å². The SMILES string of the molecule is CC(=O)NCCNC(=O)C1CN2CCC1CC2Cn1cc(-c2ccccn2)nn1. The molecule has 29 heavy (non-hydrogen) atoms. The largest absolute Gasteiger partial charge is 0.355 e. The lowest BCUT2D eigenvalue weighted by Gasteiger charge is -2.49. The topological polar surface area (TPSA) is 105 Å². The quantitative estimate of drug-likeness (QED) is 0.651. The van der Waals surface area contributed by atoms with Crippen LogP contribution < -0.4 is 10.6 Å². The lowest BCUT2D eigenvalue weighted by molar-refractivity contribution is -0.133. The van der Waals surface area contributed by atoms with Crippen molar-refractivity contribution in [3.63, 3.8) is 0 Å². The minimum atomic E-state index is -0.0794. The van der Waals surface area contributed by atoms with E-state index < -0.39 is 0 Å². The van der Waals surface area contributed by atoms with Crippen LogP contribution in [0.5, 0.6) is 0 Å². The van der Waals surface area contributed by atoms with Crippen LogP contribution in [-0.4, -0.2) is 68.9 Å². The summed E-state index contributed by atoms with van der Waals surface area (Å²) in [4.78, 5) is 30.2. The van der Waals surface area contributed by atoms with Gasteiger partial charge in [-0.1, -0.05) is 11.3 Å². The van der Waals surface area contributed by atoms with Crippen LogP contribution in [0.25, 0.3) is 11.4 Å². The molecule has 4 unspecified atom stereocenters. The predicted molar refractivity (Wildman–Crippen MR) is 107 cm³/mol. The molecule has 5 rings (SSSR count). The Labute approximate surface area is 169 Å². The lowest BCUT2D eigenvalue weighted by atomic mass is 9.75. The molecular formula is C20H27N7O2. The molecule has 2 amide bonds. The molecule has 2 N–H and O–H groups in total. The molecule has 3 fully saturated rings. The van der Waals surface area contributed by atoms with Gasteiger partial charge in [0.05, 0.1) is 24.4 Å². The van der Waals surface area contributed by atoms with Crippen molar-refractivity contribution in [3.05, 3.63) is 30.6 Å². The highest BCUT2D eigenvalue weighted by Gasteiger charge is 2.43. The van der Waals surface area contributed by atoms with Gasteiger partial charge in [-0.2, -0.15) is 0 Å². The van der Waals surface area contributed by atoms with Crippen molar-refractivity contribution in [1.29, 1.82) is 0 Å². The molecule has 3 saturated heterocycles. The fourth-order valence-corrected chi connectivity index (χ4v) is 4.42. The van der Waals surface area contributed by atoms with Gasteiger partial charge in [-0.05, 0) is 37.4 Å². The zero-order valence-corrected chi connectivity index (χ0v) is 16.6. The van der Waals surface area contributed by atoms with E-state index in [4.69, 9.17) is 0 Å². The van der Waals surface area contributed by atoms with E-state index in [0.717, 1.165) is 43.9 Å². The van der Waals surface area contributed by atoms with Crippen molar-refractivity contribution in [1.82, 2.24) is 35.5 Å². The first-order chi connectivity index (χ1) is 14.1. The summed E-state index contributed by atoms with van der Waals surface area (Å²) in [5.74, 6) is 0.438. The Morgan fingerprint density at radius 3 is 2.79 bits per heavy atom. The number of piperidine rings is 3. The number of hydrogen-bond donors (Lipinski definition) is 2. The average molecular weight is 397 g/mol. The highest BCUT2D eigenvalue weighted by atomic mass is 16.2. The van der Waals surface area contributed by atoms with Gasteiger partial charge < -0.3 is 10.6 Å². The van der Waals surface area contributed by atoms with Gasteiger partial charge in [-0.15, -0.1) is 5.10 Å². The molecule has 0 aromatic carbocycles. The monoisotopic (exact) mass is 397 g/mol. The van der Waals surface area contributed by atoms with Gasteiger partial charge in [-0.3, -0.25) is 24.2 Å². The Hall–Kier alpha value is -2.81. The number of nitrogens with one attached hydrogen (secondary N) is 2. The molecule has 0 spiro atoms. The summed E-state index contributed by atoms with van der Waals surface area (Å²) < 4.78 is 1.89. The summed E-state index contributed by atoms with van der Waals surface area (Å²) in [6, 6.07) is 6.12. The van der Waals surface area contributed by atoms with E-state index in [9.17, 15) is 9.59 Å². The van der Waals surface area contributed by atoms with E-state index >= 15 is 0 Å². The minimum absolute atomic E-state index is 0.0251. The van der Waals surface area contributed by atoms with Crippen LogP contribution in [-0.2, 0) is 16.1 Å². The Balaban J connectivity index is 1.31. The normalized spacial score (nSPS) is 25.6. The van der Waals surface area contributed by atoms with Gasteiger partial charge in [0.1, 0.15) is 5.69 Å². The van der Waals surface area contributed by atoms with Crippen LogP contribution in [0.3, 0.4) is 0 Å². The fraction of sp³-hybridized carbons (Fsp3) is 0.550. The highest BCUT2D eigenvalue weighted by molar-refractivity contribution is 5.79. The molecule has 5 heterocycles. The highest BCUT2D eigenvalue weighted by Crippen LogP contribution is 2.37. The molecule has 9 heteroatoms. The molecule has 3 aliphatic heterocycles. The van der Waals surface area contributed by atoms with Gasteiger partial charge >= 0.3 is 0 Å². The number of fused-ring (bicyclic) bond motifs is 3. The summed E-state index contributed by atoms with van der Waals surface area (Å²) in [6.45, 7) is 4.99. The van der Waals surface area contributed by atoms with E-state index in [-0.39, 0.29) is 17.7 Å². The summed E-state index contributed by atoms with van der Waals surface area (Å²) in [5.41, 5.74) is 1.60. The molecule has 3 aliphatic rings. The van der Waals surface area contributed by atoms with Crippen LogP contribution in [0.4, 0.5) is 0 Å². The van der Waals surface area contributed by atoms with E-state index in [0.29, 0.717) is 25.0 Å². The second kappa shape index (κ2) is 8.69. The Bertz CT molecular complexity index is 854. The van der Waals surface area contributed by atoms with E-state index in [1.54, 1.807) is 6.20 Å². The summed E-state index contributed by atoms with van der Waals surface area (Å²) in [5, 5.41) is 14.2. The van der Waals surface area contributed by atoms with Crippen molar-refractivity contribution in [2.24, 2.45) is 11.8 Å². The fourth-order valence-electron chi connectivity index (χ4n) is 4.42. The number of rotatable bonds is 7. The Kier molecular flexibility index (Phi) is 5.84. The number of amides is 2. The molecule has 2 aromatic heterocycles. The van der Waals surface area contributed by atoms with E-state index in [1.807, 2.05) is 29.1 Å². The van der Waals surface area contributed by atoms with Crippen molar-refractivity contribution in [2.75, 3.05) is 26.2 Å². The van der Waals surface area contributed by atoms with Gasteiger partial charge in [-0.25, -0.2) is 0 Å². The average Bonchev–Trinajstić information content (AvgIpc) is 3.20. The van der Waals surface area contributed by atoms with Crippen LogP contribution in [0.1, 0.15) is 19.8 Å². The first-order valence-electron chi connectivity index (χ1n) is 10.2. The summed E-state index contributed by atoms with van der Waals surface area (Å²) >= 11 is 0. The second-order valence-corrected chi connectivity index (χ2v) is 7.85. The third-order valence-corrected chi connectivity index (χ3v) is 5.88. The summed E-state index contributed by atoms with van der Waals surface area (Å²) in [6.07, 6.45) is 5.73. The zero-order chi connectivity index (χ0) is 20.2. The predicted octanol–water partition coefficient (Wildman–Crippen LogP) is 0.303. The second-order valence-electron chi connectivity index (χ2n) is 7.85.